The second-order valence-corrected chi connectivity index (χ2v) is 5.04. The summed E-state index contributed by atoms with van der Waals surface area (Å²) in [5, 5.41) is 17.6. The third-order valence-electron chi connectivity index (χ3n) is 2.74. The number of aliphatic hydroxyl groups excluding tert-OH is 1. The van der Waals surface area contributed by atoms with Gasteiger partial charge in [-0.2, -0.15) is 5.10 Å². The lowest BCUT2D eigenvalue weighted by molar-refractivity contribution is 0.144. The van der Waals surface area contributed by atoms with Gasteiger partial charge in [-0.3, -0.25) is 0 Å². The molecule has 104 valence electrons. The number of aliphatic hydroxyl groups is 1. The number of rotatable bonds is 8. The van der Waals surface area contributed by atoms with Crippen molar-refractivity contribution in [2.75, 3.05) is 13.1 Å². The first kappa shape index (κ1) is 15.1. The van der Waals surface area contributed by atoms with Crippen LogP contribution in [0.15, 0.2) is 0 Å². The van der Waals surface area contributed by atoms with E-state index in [2.05, 4.69) is 36.2 Å². The molecule has 0 aliphatic carbocycles. The van der Waals surface area contributed by atoms with E-state index < -0.39 is 6.10 Å². The van der Waals surface area contributed by atoms with Gasteiger partial charge in [0.25, 0.3) is 0 Å². The van der Waals surface area contributed by atoms with Crippen molar-refractivity contribution in [3.05, 3.63) is 11.6 Å². The van der Waals surface area contributed by atoms with Crippen molar-refractivity contribution < 1.29 is 5.11 Å². The SMILES string of the molecule is CCc1nc(CC)n(CC(O)CNCC(C)C)n1. The summed E-state index contributed by atoms with van der Waals surface area (Å²) >= 11 is 0. The van der Waals surface area contributed by atoms with E-state index in [1.54, 1.807) is 0 Å². The number of hydrogen-bond acceptors (Lipinski definition) is 4. The first-order valence-corrected chi connectivity index (χ1v) is 6.88. The van der Waals surface area contributed by atoms with Crippen LogP contribution in [0.3, 0.4) is 0 Å². The number of hydrogen-bond donors (Lipinski definition) is 2. The Morgan fingerprint density at radius 3 is 2.50 bits per heavy atom. The lowest BCUT2D eigenvalue weighted by Gasteiger charge is -2.14. The Hall–Kier alpha value is -0.940. The summed E-state index contributed by atoms with van der Waals surface area (Å²) in [6, 6.07) is 0. The van der Waals surface area contributed by atoms with Gasteiger partial charge in [-0.1, -0.05) is 27.7 Å². The highest BCUT2D eigenvalue weighted by Crippen LogP contribution is 2.02. The smallest absolute Gasteiger partial charge is 0.150 e. The topological polar surface area (TPSA) is 63.0 Å². The lowest BCUT2D eigenvalue weighted by atomic mass is 10.2. The molecule has 0 fully saturated rings. The molecule has 1 rings (SSSR count). The van der Waals surface area contributed by atoms with Gasteiger partial charge >= 0.3 is 0 Å². The Bertz CT molecular complexity index is 349. The van der Waals surface area contributed by atoms with Crippen LogP contribution in [-0.4, -0.2) is 39.1 Å². The molecular weight excluding hydrogens is 228 g/mol. The summed E-state index contributed by atoms with van der Waals surface area (Å²) in [5.74, 6) is 2.41. The van der Waals surface area contributed by atoms with Crippen molar-refractivity contribution in [1.82, 2.24) is 20.1 Å². The average molecular weight is 254 g/mol. The Morgan fingerprint density at radius 2 is 1.94 bits per heavy atom. The van der Waals surface area contributed by atoms with Crippen LogP contribution < -0.4 is 5.32 Å². The van der Waals surface area contributed by atoms with E-state index in [1.807, 2.05) is 11.6 Å². The largest absolute Gasteiger partial charge is 0.390 e. The minimum absolute atomic E-state index is 0.416. The van der Waals surface area contributed by atoms with E-state index >= 15 is 0 Å². The van der Waals surface area contributed by atoms with E-state index in [1.165, 1.54) is 0 Å². The first-order valence-electron chi connectivity index (χ1n) is 6.88. The molecular formula is C13H26N4O. The fourth-order valence-electron chi connectivity index (χ4n) is 1.79. The maximum Gasteiger partial charge on any atom is 0.150 e. The minimum Gasteiger partial charge on any atom is -0.390 e. The van der Waals surface area contributed by atoms with Gasteiger partial charge in [-0.15, -0.1) is 0 Å². The summed E-state index contributed by atoms with van der Waals surface area (Å²) in [6.45, 7) is 10.4. The van der Waals surface area contributed by atoms with E-state index in [0.717, 1.165) is 31.0 Å². The molecule has 0 spiro atoms. The highest BCUT2D eigenvalue weighted by Gasteiger charge is 2.11. The maximum atomic E-state index is 9.97. The minimum atomic E-state index is -0.416. The monoisotopic (exact) mass is 254 g/mol. The number of aromatic nitrogens is 3. The Balaban J connectivity index is 2.47. The molecule has 0 amide bonds. The summed E-state index contributed by atoms with van der Waals surface area (Å²) in [4.78, 5) is 4.43. The molecule has 0 saturated carbocycles. The second kappa shape index (κ2) is 7.48. The Labute approximate surface area is 110 Å². The molecule has 18 heavy (non-hydrogen) atoms. The van der Waals surface area contributed by atoms with Gasteiger partial charge in [-0.25, -0.2) is 9.67 Å². The molecule has 0 aromatic carbocycles. The van der Waals surface area contributed by atoms with Crippen LogP contribution >= 0.6 is 0 Å². The van der Waals surface area contributed by atoms with Crippen molar-refractivity contribution in [3.8, 4) is 0 Å². The normalized spacial score (nSPS) is 13.2. The predicted octanol–water partition coefficient (Wildman–Crippen LogP) is 1.01. The van der Waals surface area contributed by atoms with Crippen LogP contribution in [0.25, 0.3) is 0 Å². The van der Waals surface area contributed by atoms with Crippen molar-refractivity contribution in [3.63, 3.8) is 0 Å². The molecule has 1 heterocycles. The van der Waals surface area contributed by atoms with Crippen LogP contribution in [-0.2, 0) is 19.4 Å². The molecule has 1 aromatic rings. The molecule has 1 unspecified atom stereocenters. The molecule has 0 saturated heterocycles. The van der Waals surface area contributed by atoms with Crippen molar-refractivity contribution in [1.29, 1.82) is 0 Å². The van der Waals surface area contributed by atoms with Crippen LogP contribution in [0.4, 0.5) is 0 Å². The zero-order chi connectivity index (χ0) is 13.5. The summed E-state index contributed by atoms with van der Waals surface area (Å²) in [5.41, 5.74) is 0. The highest BCUT2D eigenvalue weighted by atomic mass is 16.3. The quantitative estimate of drug-likeness (QED) is 0.727. The molecule has 0 radical (unpaired) electrons. The van der Waals surface area contributed by atoms with Crippen LogP contribution in [0, 0.1) is 5.92 Å². The molecule has 5 nitrogen and oxygen atoms in total. The molecule has 0 bridgehead atoms. The number of nitrogens with one attached hydrogen (secondary N) is 1. The van der Waals surface area contributed by atoms with Crippen LogP contribution in [0.2, 0.25) is 0 Å². The van der Waals surface area contributed by atoms with Gasteiger partial charge in [-0.05, 0) is 12.5 Å². The number of aryl methyl sites for hydroxylation is 2. The standard InChI is InChI=1S/C13H26N4O/c1-5-12-15-13(6-2)17(16-12)9-11(18)8-14-7-10(3)4/h10-11,14,18H,5-9H2,1-4H3. The predicted molar refractivity (Wildman–Crippen MR) is 72.5 cm³/mol. The van der Waals surface area contributed by atoms with Crippen molar-refractivity contribution >= 4 is 0 Å². The average Bonchev–Trinajstić information content (AvgIpc) is 2.70. The molecule has 1 aromatic heterocycles. The second-order valence-electron chi connectivity index (χ2n) is 5.04. The summed E-state index contributed by atoms with van der Waals surface area (Å²) in [6.07, 6.45) is 1.27. The zero-order valence-corrected chi connectivity index (χ0v) is 12.0. The van der Waals surface area contributed by atoms with Gasteiger partial charge in [0.1, 0.15) is 5.82 Å². The van der Waals surface area contributed by atoms with E-state index in [9.17, 15) is 5.11 Å². The third-order valence-corrected chi connectivity index (χ3v) is 2.74. The Kier molecular flexibility index (Phi) is 6.29. The van der Waals surface area contributed by atoms with Gasteiger partial charge in [0.05, 0.1) is 12.6 Å². The molecule has 5 heteroatoms. The fourth-order valence-corrected chi connectivity index (χ4v) is 1.79. The van der Waals surface area contributed by atoms with Crippen molar-refractivity contribution in [2.24, 2.45) is 5.92 Å². The van der Waals surface area contributed by atoms with Crippen LogP contribution in [0.5, 0.6) is 0 Å². The van der Waals surface area contributed by atoms with E-state index in [0.29, 0.717) is 19.0 Å². The van der Waals surface area contributed by atoms with Gasteiger partial charge in [0.15, 0.2) is 5.82 Å². The zero-order valence-electron chi connectivity index (χ0n) is 12.0. The Morgan fingerprint density at radius 1 is 1.22 bits per heavy atom. The lowest BCUT2D eigenvalue weighted by Crippen LogP contribution is -2.33. The summed E-state index contributed by atoms with van der Waals surface area (Å²) < 4.78 is 1.83. The molecule has 0 aliphatic rings. The molecule has 2 N–H and O–H groups in total. The van der Waals surface area contributed by atoms with E-state index in [-0.39, 0.29) is 0 Å². The number of nitrogens with zero attached hydrogens (tertiary/aromatic N) is 3. The van der Waals surface area contributed by atoms with Gasteiger partial charge in [0.2, 0.25) is 0 Å². The summed E-state index contributed by atoms with van der Waals surface area (Å²) in [7, 11) is 0. The van der Waals surface area contributed by atoms with Crippen molar-refractivity contribution in [2.45, 2.75) is 53.2 Å². The fraction of sp³-hybridized carbons (Fsp3) is 0.846. The maximum absolute atomic E-state index is 9.97. The van der Waals surface area contributed by atoms with Gasteiger partial charge in [0, 0.05) is 19.4 Å². The molecule has 0 aliphatic heterocycles. The van der Waals surface area contributed by atoms with Gasteiger partial charge < -0.3 is 10.4 Å². The highest BCUT2D eigenvalue weighted by molar-refractivity contribution is 4.93. The van der Waals surface area contributed by atoms with Crippen LogP contribution in [0.1, 0.15) is 39.3 Å². The van der Waals surface area contributed by atoms with E-state index in [4.69, 9.17) is 0 Å². The third kappa shape index (κ3) is 4.74. The first-order chi connectivity index (χ1) is 8.56. The molecule has 1 atom stereocenters.